The Morgan fingerprint density at radius 1 is 0.700 bits per heavy atom. The first kappa shape index (κ1) is 16.0. The van der Waals surface area contributed by atoms with Crippen molar-refractivity contribution in [3.05, 3.63) is 25.3 Å². The zero-order valence-electron chi connectivity index (χ0n) is 15.0. The molecule has 7 N–H and O–H groups in total. The van der Waals surface area contributed by atoms with Gasteiger partial charge in [0.05, 0.1) is 0 Å². The monoisotopic (exact) mass is 401 g/mol. The highest BCUT2D eigenvalue weighted by molar-refractivity contribution is 5.87. The van der Waals surface area contributed by atoms with Crippen molar-refractivity contribution in [1.29, 1.82) is 0 Å². The summed E-state index contributed by atoms with van der Waals surface area (Å²) < 4.78 is 3.25. The summed E-state index contributed by atoms with van der Waals surface area (Å²) in [6, 6.07) is 0. The number of nitrogens with two attached hydrogens (primary N) is 3. The standard InChI is InChI=1S/C15H11N15/c16-8-5-11(21-1-19-8)29(3-23-5)13-7-10(26-14(18)28-13)27-15(25-7)30-4-24-6-9(17)20-2-22-12(6)30/h1-4H,(H2,16,19,21)(H2,17,20,22)(H3,18,25,26,27,28). The van der Waals surface area contributed by atoms with Gasteiger partial charge >= 0.3 is 0 Å². The van der Waals surface area contributed by atoms with E-state index >= 15 is 0 Å². The summed E-state index contributed by atoms with van der Waals surface area (Å²) in [5, 5.41) is 0. The van der Waals surface area contributed by atoms with Crippen LogP contribution >= 0.6 is 0 Å². The molecule has 6 heterocycles. The lowest BCUT2D eigenvalue weighted by atomic mass is 10.4. The van der Waals surface area contributed by atoms with Gasteiger partial charge in [-0.3, -0.25) is 9.13 Å². The fraction of sp³-hybridized carbons (Fsp3) is 0. The number of hydrogen-bond acceptors (Lipinski definition) is 12. The molecule has 6 rings (SSSR count). The molecule has 15 nitrogen and oxygen atoms in total. The number of nitrogen functional groups attached to an aromatic ring is 3. The molecule has 0 fully saturated rings. The number of H-pyrrole nitrogens is 1. The molecule has 6 aromatic rings. The second-order valence-corrected chi connectivity index (χ2v) is 6.26. The van der Waals surface area contributed by atoms with Crippen molar-refractivity contribution >= 4 is 51.1 Å². The predicted molar refractivity (Wildman–Crippen MR) is 105 cm³/mol. The van der Waals surface area contributed by atoms with Crippen molar-refractivity contribution < 1.29 is 0 Å². The fourth-order valence-corrected chi connectivity index (χ4v) is 3.19. The van der Waals surface area contributed by atoms with Crippen LogP contribution in [0.1, 0.15) is 0 Å². The van der Waals surface area contributed by atoms with E-state index in [4.69, 9.17) is 17.2 Å². The Hall–Kier alpha value is -4.95. The molecular formula is C15H11N15. The van der Waals surface area contributed by atoms with Gasteiger partial charge in [0.15, 0.2) is 45.4 Å². The molecule has 30 heavy (non-hydrogen) atoms. The maximum absolute atomic E-state index is 5.92. The van der Waals surface area contributed by atoms with Crippen LogP contribution in [0.25, 0.3) is 45.3 Å². The summed E-state index contributed by atoms with van der Waals surface area (Å²) in [6.45, 7) is 0. The molecule has 0 saturated heterocycles. The molecule has 146 valence electrons. The molecule has 0 aliphatic heterocycles. The van der Waals surface area contributed by atoms with Crippen LogP contribution in [0.3, 0.4) is 0 Å². The Labute approximate surface area is 165 Å². The Morgan fingerprint density at radius 3 is 2.03 bits per heavy atom. The lowest BCUT2D eigenvalue weighted by Gasteiger charge is -2.04. The second kappa shape index (κ2) is 5.53. The van der Waals surface area contributed by atoms with Gasteiger partial charge < -0.3 is 22.2 Å². The number of fused-ring (bicyclic) bond motifs is 3. The number of hydrogen-bond donors (Lipinski definition) is 4. The van der Waals surface area contributed by atoms with Gasteiger partial charge in [-0.1, -0.05) is 0 Å². The van der Waals surface area contributed by atoms with Crippen molar-refractivity contribution in [3.8, 4) is 11.8 Å². The number of anilines is 3. The maximum atomic E-state index is 5.92. The molecule has 0 saturated carbocycles. The van der Waals surface area contributed by atoms with E-state index in [9.17, 15) is 0 Å². The summed E-state index contributed by atoms with van der Waals surface area (Å²) in [4.78, 5) is 41.1. The van der Waals surface area contributed by atoms with Crippen LogP contribution in [0.15, 0.2) is 25.3 Å². The van der Waals surface area contributed by atoms with Gasteiger partial charge in [0.2, 0.25) is 11.9 Å². The fourth-order valence-electron chi connectivity index (χ4n) is 3.19. The zero-order valence-corrected chi connectivity index (χ0v) is 15.0. The van der Waals surface area contributed by atoms with Gasteiger partial charge in [0, 0.05) is 0 Å². The highest BCUT2D eigenvalue weighted by Crippen LogP contribution is 2.25. The van der Waals surface area contributed by atoms with E-state index in [1.54, 1.807) is 9.13 Å². The van der Waals surface area contributed by atoms with Crippen molar-refractivity contribution in [1.82, 2.24) is 59.0 Å². The molecule has 0 amide bonds. The first-order chi connectivity index (χ1) is 14.6. The number of nitrogens with one attached hydrogen (secondary N) is 1. The number of nitrogens with zero attached hydrogens (tertiary/aromatic N) is 11. The van der Waals surface area contributed by atoms with Crippen LogP contribution in [0.5, 0.6) is 0 Å². The molecule has 0 aliphatic rings. The molecule has 0 aliphatic carbocycles. The van der Waals surface area contributed by atoms with Gasteiger partial charge in [-0.2, -0.15) is 15.0 Å². The third-order valence-corrected chi connectivity index (χ3v) is 4.52. The minimum Gasteiger partial charge on any atom is -0.382 e. The van der Waals surface area contributed by atoms with Gasteiger partial charge in [-0.15, -0.1) is 0 Å². The van der Waals surface area contributed by atoms with E-state index in [0.29, 0.717) is 45.3 Å². The van der Waals surface area contributed by atoms with Crippen molar-refractivity contribution in [2.45, 2.75) is 0 Å². The summed E-state index contributed by atoms with van der Waals surface area (Å²) in [7, 11) is 0. The number of rotatable bonds is 2. The SMILES string of the molecule is Nc1nc(-n2cnc3c(N)ncnc32)c2[nH]c(-n3cnc4c(N)ncnc43)nc2n1. The van der Waals surface area contributed by atoms with E-state index in [2.05, 4.69) is 49.8 Å². The maximum Gasteiger partial charge on any atom is 0.224 e. The third-order valence-electron chi connectivity index (χ3n) is 4.52. The summed E-state index contributed by atoms with van der Waals surface area (Å²) in [6.07, 6.45) is 5.75. The molecule has 0 bridgehead atoms. The van der Waals surface area contributed by atoms with Gasteiger partial charge in [-0.05, 0) is 0 Å². The van der Waals surface area contributed by atoms with E-state index in [-0.39, 0.29) is 17.6 Å². The van der Waals surface area contributed by atoms with Crippen molar-refractivity contribution in [2.75, 3.05) is 17.2 Å². The van der Waals surface area contributed by atoms with E-state index in [0.717, 1.165) is 0 Å². The number of aromatic amines is 1. The van der Waals surface area contributed by atoms with Crippen LogP contribution < -0.4 is 17.2 Å². The Morgan fingerprint density at radius 2 is 1.33 bits per heavy atom. The highest BCUT2D eigenvalue weighted by atomic mass is 15.3. The van der Waals surface area contributed by atoms with Crippen molar-refractivity contribution in [3.63, 3.8) is 0 Å². The van der Waals surface area contributed by atoms with Crippen LogP contribution in [0, 0.1) is 0 Å². The number of imidazole rings is 3. The second-order valence-electron chi connectivity index (χ2n) is 6.26. The zero-order chi connectivity index (χ0) is 20.4. The average Bonchev–Trinajstić information content (AvgIpc) is 3.44. The van der Waals surface area contributed by atoms with Gasteiger partial charge in [-0.25, -0.2) is 29.9 Å². The molecule has 0 atom stereocenters. The van der Waals surface area contributed by atoms with Crippen LogP contribution in [0.4, 0.5) is 17.6 Å². The average molecular weight is 401 g/mol. The lowest BCUT2D eigenvalue weighted by Crippen LogP contribution is -2.04. The first-order valence-electron chi connectivity index (χ1n) is 8.51. The summed E-state index contributed by atoms with van der Waals surface area (Å²) in [5.41, 5.74) is 20.3. The third kappa shape index (κ3) is 2.10. The molecule has 15 heteroatoms. The van der Waals surface area contributed by atoms with Crippen LogP contribution in [0.2, 0.25) is 0 Å². The minimum atomic E-state index is 0.0292. The highest BCUT2D eigenvalue weighted by Gasteiger charge is 2.19. The smallest absolute Gasteiger partial charge is 0.224 e. The number of aromatic nitrogens is 12. The normalized spacial score (nSPS) is 11.7. The molecule has 0 spiro atoms. The topological polar surface area (TPSA) is 220 Å². The van der Waals surface area contributed by atoms with E-state index in [1.165, 1.54) is 25.3 Å². The van der Waals surface area contributed by atoms with E-state index in [1.807, 2.05) is 0 Å². The first-order valence-corrected chi connectivity index (χ1v) is 8.51. The summed E-state index contributed by atoms with van der Waals surface area (Å²) >= 11 is 0. The molecule has 0 aromatic carbocycles. The lowest BCUT2D eigenvalue weighted by molar-refractivity contribution is 0.972. The molecule has 0 unspecified atom stereocenters. The predicted octanol–water partition coefficient (Wildman–Crippen LogP) is -0.643. The minimum absolute atomic E-state index is 0.0292. The van der Waals surface area contributed by atoms with Crippen molar-refractivity contribution in [2.24, 2.45) is 0 Å². The molecular weight excluding hydrogens is 390 g/mol. The van der Waals surface area contributed by atoms with Gasteiger partial charge in [0.25, 0.3) is 0 Å². The van der Waals surface area contributed by atoms with Crippen LogP contribution in [-0.4, -0.2) is 59.0 Å². The van der Waals surface area contributed by atoms with Crippen LogP contribution in [-0.2, 0) is 0 Å². The Bertz CT molecular complexity index is 1590. The Balaban J connectivity index is 1.62. The largest absolute Gasteiger partial charge is 0.382 e. The molecule has 6 aromatic heterocycles. The Kier molecular flexibility index (Phi) is 2.96. The van der Waals surface area contributed by atoms with E-state index < -0.39 is 0 Å². The summed E-state index contributed by atoms with van der Waals surface area (Å²) in [5.74, 6) is 1.34. The van der Waals surface area contributed by atoms with Gasteiger partial charge in [0.1, 0.15) is 30.8 Å². The quantitative estimate of drug-likeness (QED) is 0.284. The molecule has 0 radical (unpaired) electrons.